The van der Waals surface area contributed by atoms with Gasteiger partial charge in [-0.15, -0.1) is 0 Å². The molecule has 1 rings (SSSR count). The van der Waals surface area contributed by atoms with E-state index in [1.807, 2.05) is 0 Å². The molecule has 0 aliphatic rings. The van der Waals surface area contributed by atoms with Crippen molar-refractivity contribution in [3.8, 4) is 5.75 Å². The number of aryl methyl sites for hydroxylation is 1. The van der Waals surface area contributed by atoms with Gasteiger partial charge in [-0.05, 0) is 56.6 Å². The molecule has 4 heteroatoms. The lowest BCUT2D eigenvalue weighted by Gasteiger charge is -2.21. The molecule has 1 aromatic rings. The average Bonchev–Trinajstić information content (AvgIpc) is 2.51. The number of hydrogen-bond donors (Lipinski definition) is 1. The van der Waals surface area contributed by atoms with Crippen LogP contribution in [0.15, 0.2) is 18.2 Å². The number of esters is 1. The van der Waals surface area contributed by atoms with E-state index in [-0.39, 0.29) is 11.7 Å². The largest absolute Gasteiger partial charge is 0.508 e. The highest BCUT2D eigenvalue weighted by molar-refractivity contribution is 5.89. The lowest BCUT2D eigenvalue weighted by atomic mass is 10.1. The van der Waals surface area contributed by atoms with Crippen LogP contribution in [0.3, 0.4) is 0 Å². The molecule has 0 amide bonds. The fraction of sp³-hybridized carbons (Fsp3) is 0.611. The molecule has 22 heavy (non-hydrogen) atoms. The van der Waals surface area contributed by atoms with Gasteiger partial charge < -0.3 is 9.84 Å². The van der Waals surface area contributed by atoms with Gasteiger partial charge in [-0.2, -0.15) is 0 Å². The van der Waals surface area contributed by atoms with Crippen LogP contribution in [0.25, 0.3) is 0 Å². The highest BCUT2D eigenvalue weighted by Crippen LogP contribution is 2.17. The number of nitrogens with zero attached hydrogens (tertiary/aromatic N) is 1. The van der Waals surface area contributed by atoms with Gasteiger partial charge in [0.25, 0.3) is 0 Å². The number of hydrogen-bond acceptors (Lipinski definition) is 4. The molecule has 0 fully saturated rings. The Kier molecular flexibility index (Phi) is 8.60. The summed E-state index contributed by atoms with van der Waals surface area (Å²) in [4.78, 5) is 14.4. The van der Waals surface area contributed by atoms with Gasteiger partial charge in [-0.1, -0.05) is 26.7 Å². The maximum Gasteiger partial charge on any atom is 0.338 e. The lowest BCUT2D eigenvalue weighted by Crippen LogP contribution is -2.30. The Morgan fingerprint density at radius 3 is 2.32 bits per heavy atom. The Morgan fingerprint density at radius 2 is 1.77 bits per heavy atom. The highest BCUT2D eigenvalue weighted by Gasteiger charge is 2.10. The quantitative estimate of drug-likeness (QED) is 0.669. The van der Waals surface area contributed by atoms with E-state index >= 15 is 0 Å². The molecule has 0 bridgehead atoms. The summed E-state index contributed by atoms with van der Waals surface area (Å²) >= 11 is 0. The van der Waals surface area contributed by atoms with Crippen molar-refractivity contribution in [2.75, 3.05) is 26.2 Å². The van der Waals surface area contributed by atoms with Gasteiger partial charge >= 0.3 is 5.97 Å². The number of carbonyl (C=O) groups excluding carboxylic acids is 1. The van der Waals surface area contributed by atoms with E-state index in [4.69, 9.17) is 4.74 Å². The molecule has 1 N–H and O–H groups in total. The third-order valence-corrected chi connectivity index (χ3v) is 3.73. The third-order valence-electron chi connectivity index (χ3n) is 3.73. The number of rotatable bonds is 10. The van der Waals surface area contributed by atoms with Crippen LogP contribution in [0.2, 0.25) is 0 Å². The average molecular weight is 307 g/mol. The van der Waals surface area contributed by atoms with E-state index in [0.717, 1.165) is 19.6 Å². The number of unbranched alkanes of at least 4 members (excludes halogenated alkanes) is 2. The molecule has 0 spiro atoms. The number of phenolic OH excluding ortho intramolecular Hbond substituents is 1. The minimum atomic E-state index is -0.325. The molecule has 1 aromatic carbocycles. The Labute approximate surface area is 134 Å². The van der Waals surface area contributed by atoms with Crippen LogP contribution in [0.1, 0.15) is 55.5 Å². The van der Waals surface area contributed by atoms with Crippen molar-refractivity contribution in [3.05, 3.63) is 29.3 Å². The summed E-state index contributed by atoms with van der Waals surface area (Å²) in [6, 6.07) is 4.78. The van der Waals surface area contributed by atoms with Crippen molar-refractivity contribution in [2.24, 2.45) is 0 Å². The Balaban J connectivity index is 2.42. The molecule has 0 saturated heterocycles. The van der Waals surface area contributed by atoms with Crippen LogP contribution in [-0.2, 0) is 4.74 Å². The monoisotopic (exact) mass is 307 g/mol. The summed E-state index contributed by atoms with van der Waals surface area (Å²) < 4.78 is 5.35. The lowest BCUT2D eigenvalue weighted by molar-refractivity contribution is 0.0460. The molecular formula is C18H29NO3. The molecule has 0 aliphatic heterocycles. The third kappa shape index (κ3) is 6.48. The number of ether oxygens (including phenoxy) is 1. The van der Waals surface area contributed by atoms with Gasteiger partial charge in [0, 0.05) is 6.54 Å². The molecule has 4 nitrogen and oxygen atoms in total. The molecule has 0 radical (unpaired) electrons. The summed E-state index contributed by atoms with van der Waals surface area (Å²) in [5, 5.41) is 9.48. The van der Waals surface area contributed by atoms with Crippen molar-refractivity contribution in [3.63, 3.8) is 0 Å². The zero-order valence-corrected chi connectivity index (χ0v) is 14.1. The van der Waals surface area contributed by atoms with E-state index in [1.54, 1.807) is 19.1 Å². The fourth-order valence-corrected chi connectivity index (χ4v) is 2.23. The first-order chi connectivity index (χ1) is 10.6. The molecule has 124 valence electrons. The topological polar surface area (TPSA) is 49.8 Å². The number of aromatic hydroxyl groups is 1. The minimum absolute atomic E-state index is 0.196. The molecule has 0 aromatic heterocycles. The smallest absolute Gasteiger partial charge is 0.338 e. The number of phenols is 1. The second-order valence-electron chi connectivity index (χ2n) is 5.69. The van der Waals surface area contributed by atoms with Gasteiger partial charge in [-0.25, -0.2) is 4.79 Å². The number of benzene rings is 1. The summed E-state index contributed by atoms with van der Waals surface area (Å²) in [6.07, 6.45) is 4.70. The maximum atomic E-state index is 12.0. The van der Waals surface area contributed by atoms with Crippen LogP contribution in [-0.4, -0.2) is 42.2 Å². The Morgan fingerprint density at radius 1 is 1.14 bits per heavy atom. The summed E-state index contributed by atoms with van der Waals surface area (Å²) in [5.41, 5.74) is 1.17. The van der Waals surface area contributed by atoms with E-state index in [9.17, 15) is 9.90 Å². The van der Waals surface area contributed by atoms with Crippen molar-refractivity contribution in [1.29, 1.82) is 0 Å². The minimum Gasteiger partial charge on any atom is -0.508 e. The van der Waals surface area contributed by atoms with Crippen molar-refractivity contribution in [1.82, 2.24) is 4.90 Å². The Bertz CT molecular complexity index is 452. The number of carbonyl (C=O) groups is 1. The summed E-state index contributed by atoms with van der Waals surface area (Å²) in [5.74, 6) is -0.129. The molecule has 0 atom stereocenters. The standard InChI is InChI=1S/C18H29NO3/c1-4-6-10-19(11-7-5-2)12-13-22-18(21)16-8-9-17(20)15(3)14-16/h8-9,14,20H,4-7,10-13H2,1-3H3. The maximum absolute atomic E-state index is 12.0. The van der Waals surface area contributed by atoms with E-state index in [1.165, 1.54) is 31.7 Å². The van der Waals surface area contributed by atoms with Gasteiger partial charge in [0.05, 0.1) is 5.56 Å². The molecule has 0 heterocycles. The predicted molar refractivity (Wildman–Crippen MR) is 89.4 cm³/mol. The van der Waals surface area contributed by atoms with Gasteiger partial charge in [0.15, 0.2) is 0 Å². The molecule has 0 saturated carbocycles. The van der Waals surface area contributed by atoms with Crippen molar-refractivity contribution < 1.29 is 14.6 Å². The summed E-state index contributed by atoms with van der Waals surface area (Å²) in [7, 11) is 0. The van der Waals surface area contributed by atoms with Crippen LogP contribution >= 0.6 is 0 Å². The van der Waals surface area contributed by atoms with Gasteiger partial charge in [0.2, 0.25) is 0 Å². The molecule has 0 aliphatic carbocycles. The van der Waals surface area contributed by atoms with E-state index < -0.39 is 0 Å². The zero-order chi connectivity index (χ0) is 16.4. The first-order valence-corrected chi connectivity index (χ1v) is 8.27. The second-order valence-corrected chi connectivity index (χ2v) is 5.69. The van der Waals surface area contributed by atoms with Gasteiger partial charge in [0.1, 0.15) is 12.4 Å². The van der Waals surface area contributed by atoms with Crippen LogP contribution in [0.5, 0.6) is 5.75 Å². The highest BCUT2D eigenvalue weighted by atomic mass is 16.5. The SMILES string of the molecule is CCCCN(CCCC)CCOC(=O)c1ccc(O)c(C)c1. The predicted octanol–water partition coefficient (Wildman–Crippen LogP) is 3.76. The van der Waals surface area contributed by atoms with E-state index in [0.29, 0.717) is 17.7 Å². The molecular weight excluding hydrogens is 278 g/mol. The first kappa shape index (κ1) is 18.5. The van der Waals surface area contributed by atoms with Crippen LogP contribution < -0.4 is 0 Å². The van der Waals surface area contributed by atoms with Crippen molar-refractivity contribution in [2.45, 2.75) is 46.5 Å². The van der Waals surface area contributed by atoms with Crippen LogP contribution in [0, 0.1) is 6.92 Å². The second kappa shape index (κ2) is 10.2. The van der Waals surface area contributed by atoms with Crippen molar-refractivity contribution >= 4 is 5.97 Å². The fourth-order valence-electron chi connectivity index (χ4n) is 2.23. The normalized spacial score (nSPS) is 10.9. The summed E-state index contributed by atoms with van der Waals surface area (Å²) in [6.45, 7) is 9.45. The Hall–Kier alpha value is -1.55. The first-order valence-electron chi connectivity index (χ1n) is 8.27. The van der Waals surface area contributed by atoms with E-state index in [2.05, 4.69) is 18.7 Å². The van der Waals surface area contributed by atoms with Gasteiger partial charge in [-0.3, -0.25) is 4.90 Å². The molecule has 0 unspecified atom stereocenters. The zero-order valence-electron chi connectivity index (χ0n) is 14.1. The van der Waals surface area contributed by atoms with Crippen LogP contribution in [0.4, 0.5) is 0 Å².